The van der Waals surface area contributed by atoms with Crippen LogP contribution in [0.4, 0.5) is 0 Å². The van der Waals surface area contributed by atoms with Gasteiger partial charge in [-0.25, -0.2) is 0 Å². The van der Waals surface area contributed by atoms with Crippen molar-refractivity contribution in [2.45, 2.75) is 19.8 Å². The van der Waals surface area contributed by atoms with Gasteiger partial charge in [-0.05, 0) is 30.0 Å². The van der Waals surface area contributed by atoms with Crippen LogP contribution in [0.3, 0.4) is 0 Å². The predicted octanol–water partition coefficient (Wildman–Crippen LogP) is 3.77. The van der Waals surface area contributed by atoms with Crippen LogP contribution in [0.15, 0.2) is 48.5 Å². The maximum absolute atomic E-state index is 11.1. The molecule has 0 amide bonds. The van der Waals surface area contributed by atoms with E-state index in [1.807, 2.05) is 0 Å². The Hall–Kier alpha value is -2.09. The van der Waals surface area contributed by atoms with E-state index in [-0.39, 0.29) is 5.97 Å². The van der Waals surface area contributed by atoms with Gasteiger partial charge in [-0.3, -0.25) is 4.79 Å². The van der Waals surface area contributed by atoms with Crippen molar-refractivity contribution in [1.82, 2.24) is 0 Å². The van der Waals surface area contributed by atoms with E-state index in [1.54, 1.807) is 0 Å². The third-order valence-corrected chi connectivity index (χ3v) is 3.15. The number of benzene rings is 2. The summed E-state index contributed by atoms with van der Waals surface area (Å²) in [5.74, 6) is -0.164. The van der Waals surface area contributed by atoms with E-state index in [2.05, 4.69) is 60.2 Å². The molecule has 0 aromatic heterocycles. The van der Waals surface area contributed by atoms with E-state index >= 15 is 0 Å². The Morgan fingerprint density at radius 1 is 1.05 bits per heavy atom. The molecule has 0 unspecified atom stereocenters. The standard InChI is InChI=1S/C17H18O2/c1-13-4-3-5-16(12-13)15-9-6-14(7-10-15)8-11-17(18)19-2/h3-7,9-10,12H,8,11H2,1-2H3. The molecule has 0 aliphatic carbocycles. The molecule has 2 aromatic carbocycles. The Kier molecular flexibility index (Phi) is 4.35. The molecule has 19 heavy (non-hydrogen) atoms. The highest BCUT2D eigenvalue weighted by molar-refractivity contribution is 5.69. The van der Waals surface area contributed by atoms with Crippen molar-refractivity contribution in [2.24, 2.45) is 0 Å². The maximum atomic E-state index is 11.1. The van der Waals surface area contributed by atoms with E-state index in [0.717, 1.165) is 12.0 Å². The van der Waals surface area contributed by atoms with Crippen molar-refractivity contribution in [2.75, 3.05) is 7.11 Å². The van der Waals surface area contributed by atoms with E-state index in [1.165, 1.54) is 23.8 Å². The number of methoxy groups -OCH3 is 1. The highest BCUT2D eigenvalue weighted by Gasteiger charge is 2.02. The minimum atomic E-state index is -0.164. The molecule has 98 valence electrons. The summed E-state index contributed by atoms with van der Waals surface area (Å²) in [5.41, 5.74) is 4.83. The second-order valence-corrected chi connectivity index (χ2v) is 4.64. The summed E-state index contributed by atoms with van der Waals surface area (Å²) in [5, 5.41) is 0. The summed E-state index contributed by atoms with van der Waals surface area (Å²) in [4.78, 5) is 11.1. The minimum absolute atomic E-state index is 0.164. The molecule has 0 saturated carbocycles. The summed E-state index contributed by atoms with van der Waals surface area (Å²) in [6.07, 6.45) is 1.15. The lowest BCUT2D eigenvalue weighted by molar-refractivity contribution is -0.140. The van der Waals surface area contributed by atoms with Crippen LogP contribution >= 0.6 is 0 Å². The van der Waals surface area contributed by atoms with Gasteiger partial charge in [-0.1, -0.05) is 54.1 Å². The number of esters is 1. The second kappa shape index (κ2) is 6.19. The predicted molar refractivity (Wildman–Crippen MR) is 77.0 cm³/mol. The van der Waals surface area contributed by atoms with Gasteiger partial charge in [0.15, 0.2) is 0 Å². The molecule has 2 nitrogen and oxygen atoms in total. The number of carbonyl (C=O) groups is 1. The van der Waals surface area contributed by atoms with Gasteiger partial charge in [-0.2, -0.15) is 0 Å². The fourth-order valence-electron chi connectivity index (χ4n) is 2.04. The van der Waals surface area contributed by atoms with Gasteiger partial charge in [0.25, 0.3) is 0 Å². The van der Waals surface area contributed by atoms with E-state index in [0.29, 0.717) is 6.42 Å². The normalized spacial score (nSPS) is 10.2. The van der Waals surface area contributed by atoms with Gasteiger partial charge >= 0.3 is 5.97 Å². The molecule has 2 rings (SSSR count). The quantitative estimate of drug-likeness (QED) is 0.776. The number of aryl methyl sites for hydroxylation is 2. The number of ether oxygens (including phenoxy) is 1. The van der Waals surface area contributed by atoms with E-state index in [9.17, 15) is 4.79 Å². The van der Waals surface area contributed by atoms with Crippen molar-refractivity contribution < 1.29 is 9.53 Å². The average molecular weight is 254 g/mol. The lowest BCUT2D eigenvalue weighted by Crippen LogP contribution is -2.01. The van der Waals surface area contributed by atoms with Crippen molar-refractivity contribution in [1.29, 1.82) is 0 Å². The van der Waals surface area contributed by atoms with Gasteiger partial charge in [0, 0.05) is 6.42 Å². The molecule has 0 aliphatic rings. The maximum Gasteiger partial charge on any atom is 0.305 e. The van der Waals surface area contributed by atoms with Gasteiger partial charge in [0.2, 0.25) is 0 Å². The zero-order chi connectivity index (χ0) is 13.7. The van der Waals surface area contributed by atoms with E-state index < -0.39 is 0 Å². The summed E-state index contributed by atoms with van der Waals surface area (Å²) in [6.45, 7) is 2.09. The first kappa shape index (κ1) is 13.3. The molecule has 0 N–H and O–H groups in total. The number of hydrogen-bond donors (Lipinski definition) is 0. The summed E-state index contributed by atoms with van der Waals surface area (Å²) in [6, 6.07) is 16.8. The Balaban J connectivity index is 2.08. The smallest absolute Gasteiger partial charge is 0.305 e. The van der Waals surface area contributed by atoms with Crippen molar-refractivity contribution in [3.63, 3.8) is 0 Å². The Bertz CT molecular complexity index is 556. The van der Waals surface area contributed by atoms with Crippen LogP contribution in [-0.2, 0) is 16.0 Å². The molecular weight excluding hydrogens is 236 g/mol. The number of carbonyl (C=O) groups excluding carboxylic acids is 1. The van der Waals surface area contributed by atoms with Gasteiger partial charge in [0.1, 0.15) is 0 Å². The topological polar surface area (TPSA) is 26.3 Å². The fraction of sp³-hybridized carbons (Fsp3) is 0.235. The number of hydrogen-bond acceptors (Lipinski definition) is 2. The lowest BCUT2D eigenvalue weighted by atomic mass is 10.0. The van der Waals surface area contributed by atoms with Crippen molar-refractivity contribution >= 4 is 5.97 Å². The van der Waals surface area contributed by atoms with E-state index in [4.69, 9.17) is 0 Å². The van der Waals surface area contributed by atoms with Crippen LogP contribution in [0, 0.1) is 6.92 Å². The Labute approximate surface area is 114 Å². The van der Waals surface area contributed by atoms with Gasteiger partial charge < -0.3 is 4.74 Å². The molecule has 0 fully saturated rings. The highest BCUT2D eigenvalue weighted by atomic mass is 16.5. The summed E-state index contributed by atoms with van der Waals surface area (Å²) < 4.78 is 4.64. The van der Waals surface area contributed by atoms with Crippen LogP contribution in [0.25, 0.3) is 11.1 Å². The molecule has 0 bridgehead atoms. The first-order valence-electron chi connectivity index (χ1n) is 6.42. The fourth-order valence-corrected chi connectivity index (χ4v) is 2.04. The first-order valence-corrected chi connectivity index (χ1v) is 6.42. The summed E-state index contributed by atoms with van der Waals surface area (Å²) in [7, 11) is 1.42. The average Bonchev–Trinajstić information content (AvgIpc) is 2.45. The Morgan fingerprint density at radius 3 is 2.42 bits per heavy atom. The molecule has 0 heterocycles. The first-order chi connectivity index (χ1) is 9.19. The zero-order valence-electron chi connectivity index (χ0n) is 11.3. The third-order valence-electron chi connectivity index (χ3n) is 3.15. The van der Waals surface area contributed by atoms with Gasteiger partial charge in [-0.15, -0.1) is 0 Å². The number of rotatable bonds is 4. The van der Waals surface area contributed by atoms with Crippen LogP contribution in [0.1, 0.15) is 17.5 Å². The molecule has 0 atom stereocenters. The van der Waals surface area contributed by atoms with Crippen molar-refractivity contribution in [3.05, 3.63) is 59.7 Å². The Morgan fingerprint density at radius 2 is 1.79 bits per heavy atom. The van der Waals surface area contributed by atoms with Gasteiger partial charge in [0.05, 0.1) is 7.11 Å². The molecule has 2 aromatic rings. The minimum Gasteiger partial charge on any atom is -0.469 e. The van der Waals surface area contributed by atoms with Crippen molar-refractivity contribution in [3.8, 4) is 11.1 Å². The van der Waals surface area contributed by atoms with Crippen LogP contribution in [-0.4, -0.2) is 13.1 Å². The molecule has 0 radical (unpaired) electrons. The molecule has 2 heteroatoms. The molecule has 0 aliphatic heterocycles. The summed E-state index contributed by atoms with van der Waals surface area (Å²) >= 11 is 0. The molecule has 0 saturated heterocycles. The highest BCUT2D eigenvalue weighted by Crippen LogP contribution is 2.21. The zero-order valence-corrected chi connectivity index (χ0v) is 11.3. The van der Waals surface area contributed by atoms with Crippen LogP contribution < -0.4 is 0 Å². The molecular formula is C17H18O2. The van der Waals surface area contributed by atoms with Crippen LogP contribution in [0.2, 0.25) is 0 Å². The lowest BCUT2D eigenvalue weighted by Gasteiger charge is -2.05. The molecule has 0 spiro atoms. The largest absolute Gasteiger partial charge is 0.469 e. The third kappa shape index (κ3) is 3.68. The van der Waals surface area contributed by atoms with Crippen LogP contribution in [0.5, 0.6) is 0 Å². The SMILES string of the molecule is COC(=O)CCc1ccc(-c2cccc(C)c2)cc1. The monoisotopic (exact) mass is 254 g/mol. The second-order valence-electron chi connectivity index (χ2n) is 4.64.